The first-order valence-electron chi connectivity index (χ1n) is 6.08. The van der Waals surface area contributed by atoms with Gasteiger partial charge in [-0.05, 0) is 19.4 Å². The van der Waals surface area contributed by atoms with Gasteiger partial charge in [-0.1, -0.05) is 6.92 Å². The fourth-order valence-electron chi connectivity index (χ4n) is 1.81. The lowest BCUT2D eigenvalue weighted by molar-refractivity contribution is 0.0990. The summed E-state index contributed by atoms with van der Waals surface area (Å²) in [6.45, 7) is 4.85. The van der Waals surface area contributed by atoms with E-state index in [1.165, 1.54) is 6.33 Å². The van der Waals surface area contributed by atoms with Crippen LogP contribution in [-0.4, -0.2) is 25.5 Å². The maximum atomic E-state index is 12.1. The molecule has 0 aliphatic rings. The maximum Gasteiger partial charge on any atom is 0.171 e. The Labute approximate surface area is 106 Å². The largest absolute Gasteiger partial charge is 0.294 e. The zero-order valence-electron chi connectivity index (χ0n) is 10.6. The lowest BCUT2D eigenvalue weighted by atomic mass is 10.1. The molecule has 0 N–H and O–H groups in total. The number of ketones is 1. The molecule has 5 nitrogen and oxygen atoms in total. The summed E-state index contributed by atoms with van der Waals surface area (Å²) in [5.74, 6) is 0.0212. The number of Topliss-reactive ketones (excluding diaryl/α,β-unsaturated/α-hetero) is 1. The predicted molar refractivity (Wildman–Crippen MR) is 67.3 cm³/mol. The predicted octanol–water partition coefficient (Wildman–Crippen LogP) is 1.68. The molecule has 0 atom stereocenters. The highest BCUT2D eigenvalue weighted by Gasteiger charge is 2.12. The number of hydrogen-bond donors (Lipinski definition) is 0. The Morgan fingerprint density at radius 1 is 1.28 bits per heavy atom. The van der Waals surface area contributed by atoms with Gasteiger partial charge in [0.25, 0.3) is 0 Å². The Morgan fingerprint density at radius 2 is 2.00 bits per heavy atom. The van der Waals surface area contributed by atoms with Crippen molar-refractivity contribution in [3.05, 3.63) is 41.7 Å². The minimum absolute atomic E-state index is 0.0212. The SMILES string of the molecule is CCc1cc(CC(=O)c2cncnc2)n(CC)n1. The summed E-state index contributed by atoms with van der Waals surface area (Å²) >= 11 is 0. The fraction of sp³-hybridized carbons (Fsp3) is 0.385. The molecule has 0 bridgehead atoms. The molecule has 94 valence electrons. The van der Waals surface area contributed by atoms with Crippen molar-refractivity contribution in [3.63, 3.8) is 0 Å². The van der Waals surface area contributed by atoms with Crippen molar-refractivity contribution in [3.8, 4) is 0 Å². The van der Waals surface area contributed by atoms with Gasteiger partial charge in [-0.15, -0.1) is 0 Å². The summed E-state index contributed by atoms with van der Waals surface area (Å²) in [4.78, 5) is 19.8. The molecule has 0 fully saturated rings. The minimum Gasteiger partial charge on any atom is -0.294 e. The van der Waals surface area contributed by atoms with E-state index >= 15 is 0 Å². The molecule has 2 heterocycles. The molecule has 2 rings (SSSR count). The zero-order chi connectivity index (χ0) is 13.0. The second-order valence-electron chi connectivity index (χ2n) is 4.02. The summed E-state index contributed by atoms with van der Waals surface area (Å²) in [6.07, 6.45) is 5.73. The number of nitrogens with zero attached hydrogens (tertiary/aromatic N) is 4. The van der Waals surface area contributed by atoms with Gasteiger partial charge in [0, 0.05) is 24.6 Å². The van der Waals surface area contributed by atoms with Gasteiger partial charge in [-0.2, -0.15) is 5.10 Å². The molecule has 0 saturated carbocycles. The summed E-state index contributed by atoms with van der Waals surface area (Å²) in [6, 6.07) is 1.99. The van der Waals surface area contributed by atoms with E-state index in [0.717, 1.165) is 24.4 Å². The molecule has 0 aromatic carbocycles. The molecular formula is C13H16N4O. The van der Waals surface area contributed by atoms with Gasteiger partial charge in [-0.3, -0.25) is 9.48 Å². The lowest BCUT2D eigenvalue weighted by Crippen LogP contribution is -2.10. The van der Waals surface area contributed by atoms with E-state index in [-0.39, 0.29) is 5.78 Å². The molecule has 0 spiro atoms. The highest BCUT2D eigenvalue weighted by molar-refractivity contribution is 5.96. The Kier molecular flexibility index (Phi) is 3.82. The smallest absolute Gasteiger partial charge is 0.171 e. The molecule has 0 aliphatic carbocycles. The van der Waals surface area contributed by atoms with Crippen LogP contribution in [0.2, 0.25) is 0 Å². The Hall–Kier alpha value is -2.04. The molecule has 0 radical (unpaired) electrons. The van der Waals surface area contributed by atoms with Crippen LogP contribution in [0.1, 0.15) is 35.6 Å². The van der Waals surface area contributed by atoms with Gasteiger partial charge < -0.3 is 0 Å². The van der Waals surface area contributed by atoms with Crippen molar-refractivity contribution in [1.82, 2.24) is 19.7 Å². The maximum absolute atomic E-state index is 12.1. The standard InChI is InChI=1S/C13H16N4O/c1-3-11-5-12(17(4-2)16-11)6-13(18)10-7-14-9-15-8-10/h5,7-9H,3-4,6H2,1-2H3. The average Bonchev–Trinajstić information content (AvgIpc) is 2.82. The van der Waals surface area contributed by atoms with Crippen molar-refractivity contribution in [2.24, 2.45) is 0 Å². The molecular weight excluding hydrogens is 228 g/mol. The highest BCUT2D eigenvalue weighted by atomic mass is 16.1. The van der Waals surface area contributed by atoms with Crippen molar-refractivity contribution < 1.29 is 4.79 Å². The van der Waals surface area contributed by atoms with Crippen LogP contribution in [-0.2, 0) is 19.4 Å². The molecule has 2 aromatic rings. The number of aryl methyl sites for hydroxylation is 2. The van der Waals surface area contributed by atoms with Crippen LogP contribution in [0.5, 0.6) is 0 Å². The Bertz CT molecular complexity index is 533. The van der Waals surface area contributed by atoms with Crippen molar-refractivity contribution in [2.75, 3.05) is 0 Å². The number of rotatable bonds is 5. The van der Waals surface area contributed by atoms with E-state index < -0.39 is 0 Å². The zero-order valence-corrected chi connectivity index (χ0v) is 10.6. The third kappa shape index (κ3) is 2.61. The quantitative estimate of drug-likeness (QED) is 0.751. The van der Waals surface area contributed by atoms with E-state index in [0.29, 0.717) is 12.0 Å². The fourth-order valence-corrected chi connectivity index (χ4v) is 1.81. The van der Waals surface area contributed by atoms with Crippen LogP contribution in [0.25, 0.3) is 0 Å². The second-order valence-corrected chi connectivity index (χ2v) is 4.02. The normalized spacial score (nSPS) is 10.6. The summed E-state index contributed by atoms with van der Waals surface area (Å²) in [5, 5.41) is 4.43. The summed E-state index contributed by atoms with van der Waals surface area (Å²) < 4.78 is 1.88. The van der Waals surface area contributed by atoms with Crippen LogP contribution in [0, 0.1) is 0 Å². The van der Waals surface area contributed by atoms with Gasteiger partial charge in [0.15, 0.2) is 5.78 Å². The molecule has 0 aliphatic heterocycles. The van der Waals surface area contributed by atoms with Crippen molar-refractivity contribution in [1.29, 1.82) is 0 Å². The number of aromatic nitrogens is 4. The minimum atomic E-state index is 0.0212. The van der Waals surface area contributed by atoms with Crippen molar-refractivity contribution >= 4 is 5.78 Å². The summed E-state index contributed by atoms with van der Waals surface area (Å²) in [5.41, 5.74) is 2.51. The van der Waals surface area contributed by atoms with Gasteiger partial charge >= 0.3 is 0 Å². The number of carbonyl (C=O) groups excluding carboxylic acids is 1. The summed E-state index contributed by atoms with van der Waals surface area (Å²) in [7, 11) is 0. The van der Waals surface area contributed by atoms with Crippen LogP contribution < -0.4 is 0 Å². The lowest BCUT2D eigenvalue weighted by Gasteiger charge is -2.03. The van der Waals surface area contributed by atoms with Crippen molar-refractivity contribution in [2.45, 2.75) is 33.2 Å². The molecule has 5 heteroatoms. The van der Waals surface area contributed by atoms with Gasteiger partial charge in [0.05, 0.1) is 17.7 Å². The van der Waals surface area contributed by atoms with Gasteiger partial charge in [0.2, 0.25) is 0 Å². The van der Waals surface area contributed by atoms with E-state index in [1.807, 2.05) is 17.7 Å². The number of carbonyl (C=O) groups is 1. The first-order chi connectivity index (χ1) is 8.74. The molecule has 0 amide bonds. The first-order valence-corrected chi connectivity index (χ1v) is 6.08. The van der Waals surface area contributed by atoms with Crippen LogP contribution in [0.15, 0.2) is 24.8 Å². The highest BCUT2D eigenvalue weighted by Crippen LogP contribution is 2.09. The topological polar surface area (TPSA) is 60.7 Å². The van der Waals surface area contributed by atoms with Gasteiger partial charge in [-0.25, -0.2) is 9.97 Å². The van der Waals surface area contributed by atoms with Crippen LogP contribution in [0.3, 0.4) is 0 Å². The van der Waals surface area contributed by atoms with E-state index in [4.69, 9.17) is 0 Å². The van der Waals surface area contributed by atoms with Crippen LogP contribution in [0.4, 0.5) is 0 Å². The molecule has 0 saturated heterocycles. The monoisotopic (exact) mass is 244 g/mol. The second kappa shape index (κ2) is 5.53. The first kappa shape index (κ1) is 12.4. The Morgan fingerprint density at radius 3 is 2.61 bits per heavy atom. The molecule has 18 heavy (non-hydrogen) atoms. The number of hydrogen-bond acceptors (Lipinski definition) is 4. The van der Waals surface area contributed by atoms with Crippen LogP contribution >= 0.6 is 0 Å². The third-order valence-corrected chi connectivity index (χ3v) is 2.80. The third-order valence-electron chi connectivity index (χ3n) is 2.80. The molecule has 2 aromatic heterocycles. The molecule has 0 unspecified atom stereocenters. The Balaban J connectivity index is 2.19. The van der Waals surface area contributed by atoms with E-state index in [2.05, 4.69) is 22.0 Å². The van der Waals surface area contributed by atoms with E-state index in [1.54, 1.807) is 12.4 Å². The van der Waals surface area contributed by atoms with E-state index in [9.17, 15) is 4.79 Å². The average molecular weight is 244 g/mol. The van der Waals surface area contributed by atoms with Gasteiger partial charge in [0.1, 0.15) is 6.33 Å².